The molecule has 130 valence electrons. The van der Waals surface area contributed by atoms with Gasteiger partial charge in [0.2, 0.25) is 0 Å². The van der Waals surface area contributed by atoms with Crippen LogP contribution in [0.2, 0.25) is 0 Å². The summed E-state index contributed by atoms with van der Waals surface area (Å²) in [6.45, 7) is -1.21. The van der Waals surface area contributed by atoms with Gasteiger partial charge in [0.25, 0.3) is 0 Å². The van der Waals surface area contributed by atoms with E-state index in [-0.39, 0.29) is 56.9 Å². The summed E-state index contributed by atoms with van der Waals surface area (Å²) in [5.74, 6) is -0.457. The largest absolute Gasteiger partial charge is 1.00 e. The molecule has 1 aliphatic heterocycles. The van der Waals surface area contributed by atoms with Crippen molar-refractivity contribution in [2.75, 3.05) is 31.1 Å². The molecule has 1 aliphatic rings. The molecule has 1 aromatic carbocycles. The molecule has 1 N–H and O–H groups in total. The van der Waals surface area contributed by atoms with Crippen molar-refractivity contribution in [2.45, 2.75) is 13.2 Å². The molecule has 1 fully saturated rings. The van der Waals surface area contributed by atoms with Gasteiger partial charge in [-0.15, -0.1) is 0 Å². The molecule has 0 amide bonds. The van der Waals surface area contributed by atoms with Gasteiger partial charge in [0.15, 0.2) is 0 Å². The van der Waals surface area contributed by atoms with E-state index in [2.05, 4.69) is 9.50 Å². The smallest absolute Gasteiger partial charge is 0.449 e. The zero-order valence-electron chi connectivity index (χ0n) is 13.4. The number of nitrogens with one attached hydrogen (secondary N) is 1. The molecule has 0 bridgehead atoms. The number of piperazine rings is 1. The summed E-state index contributed by atoms with van der Waals surface area (Å²) in [5, 5.41) is 3.10. The number of rotatable bonds is 5. The van der Waals surface area contributed by atoms with Crippen molar-refractivity contribution >= 4 is 23.2 Å². The number of benzene rings is 1. The minimum absolute atomic E-state index is 0. The van der Waals surface area contributed by atoms with Crippen molar-refractivity contribution in [1.82, 2.24) is 5.32 Å². The first-order valence-corrected chi connectivity index (χ1v) is 8.30. The molecule has 0 saturated carbocycles. The monoisotopic (exact) mass is 394 g/mol. The number of hydrogen-bond donors (Lipinski definition) is 1. The third-order valence-electron chi connectivity index (χ3n) is 3.57. The van der Waals surface area contributed by atoms with Gasteiger partial charge in [-0.2, -0.15) is 8.42 Å². The Morgan fingerprint density at radius 1 is 1.25 bits per heavy atom. The van der Waals surface area contributed by atoms with Gasteiger partial charge >= 0.3 is 68.9 Å². The minimum atomic E-state index is -5.30. The summed E-state index contributed by atoms with van der Waals surface area (Å²) in [6, 6.07) is 2.18. The molecule has 0 aliphatic carbocycles. The van der Waals surface area contributed by atoms with Crippen molar-refractivity contribution in [3.63, 3.8) is 0 Å². The first-order valence-electron chi connectivity index (χ1n) is 6.99. The molecular formula is C12H16BF4KN2O3S. The Morgan fingerprint density at radius 2 is 1.83 bits per heavy atom. The Hall–Kier alpha value is 0.151. The van der Waals surface area contributed by atoms with Crippen LogP contribution in [0.25, 0.3) is 0 Å². The van der Waals surface area contributed by atoms with Crippen molar-refractivity contribution in [1.29, 1.82) is 0 Å². The molecule has 0 radical (unpaired) electrons. The number of anilines is 1. The topological polar surface area (TPSA) is 58.6 Å². The van der Waals surface area contributed by atoms with Crippen LogP contribution in [0.5, 0.6) is 5.75 Å². The van der Waals surface area contributed by atoms with Crippen LogP contribution in [-0.4, -0.2) is 41.6 Å². The molecular weight excluding hydrogens is 378 g/mol. The molecule has 1 heterocycles. The molecule has 0 atom stereocenters. The van der Waals surface area contributed by atoms with E-state index in [4.69, 9.17) is 0 Å². The van der Waals surface area contributed by atoms with Crippen LogP contribution in [0.15, 0.2) is 12.1 Å². The Balaban J connectivity index is 0.00000288. The van der Waals surface area contributed by atoms with Gasteiger partial charge in [-0.3, -0.25) is 0 Å². The summed E-state index contributed by atoms with van der Waals surface area (Å²) in [7, 11) is -5.30. The van der Waals surface area contributed by atoms with Gasteiger partial charge in [0.05, 0.1) is 0 Å². The third kappa shape index (κ3) is 6.81. The van der Waals surface area contributed by atoms with Gasteiger partial charge < -0.3 is 27.3 Å². The number of nitrogens with zero attached hydrogens (tertiary/aromatic N) is 1. The minimum Gasteiger partial charge on any atom is -0.449 e. The number of halogens is 4. The predicted molar refractivity (Wildman–Crippen MR) is 79.7 cm³/mol. The van der Waals surface area contributed by atoms with Crippen LogP contribution >= 0.6 is 0 Å². The van der Waals surface area contributed by atoms with E-state index in [0.29, 0.717) is 37.4 Å². The molecule has 0 spiro atoms. The van der Waals surface area contributed by atoms with E-state index in [1.54, 1.807) is 0 Å². The van der Waals surface area contributed by atoms with E-state index in [0.717, 1.165) is 6.07 Å². The van der Waals surface area contributed by atoms with Crippen molar-refractivity contribution in [3.8, 4) is 5.75 Å². The maximum atomic E-state index is 12.8. The van der Waals surface area contributed by atoms with Crippen LogP contribution in [0, 0.1) is 6.92 Å². The molecule has 1 aromatic rings. The molecule has 5 nitrogen and oxygen atoms in total. The second-order valence-electron chi connectivity index (χ2n) is 5.35. The molecule has 1 saturated heterocycles. The Labute approximate surface area is 181 Å². The van der Waals surface area contributed by atoms with Crippen LogP contribution < -0.4 is 65.8 Å². The predicted octanol–water partition coefficient (Wildman–Crippen LogP) is -1.07. The van der Waals surface area contributed by atoms with Crippen molar-refractivity contribution in [3.05, 3.63) is 23.3 Å². The van der Waals surface area contributed by atoms with Crippen LogP contribution in [0.4, 0.5) is 22.5 Å². The fourth-order valence-electron chi connectivity index (χ4n) is 2.59. The average molecular weight is 394 g/mol. The van der Waals surface area contributed by atoms with Gasteiger partial charge in [-0.25, -0.2) is 0 Å². The van der Waals surface area contributed by atoms with Crippen LogP contribution in [-0.2, 0) is 16.8 Å². The summed E-state index contributed by atoms with van der Waals surface area (Å²) in [4.78, 5) is 1.82. The van der Waals surface area contributed by atoms with Gasteiger partial charge in [-0.1, -0.05) is 15.8 Å². The van der Waals surface area contributed by atoms with E-state index in [1.807, 2.05) is 4.90 Å². The van der Waals surface area contributed by atoms with Crippen molar-refractivity contribution < 1.29 is 80.8 Å². The zero-order valence-corrected chi connectivity index (χ0v) is 17.3. The third-order valence-corrected chi connectivity index (χ3v) is 3.96. The quantitative estimate of drug-likeness (QED) is 0.392. The molecule has 0 unspecified atom stereocenters. The molecule has 0 aromatic heterocycles. The summed E-state index contributed by atoms with van der Waals surface area (Å²) in [6.07, 6.45) is -1.19. The van der Waals surface area contributed by atoms with Gasteiger partial charge in [-0.05, 0) is 18.6 Å². The van der Waals surface area contributed by atoms with E-state index >= 15 is 0 Å². The fraction of sp³-hybridized carbons (Fsp3) is 0.500. The van der Waals surface area contributed by atoms with E-state index in [1.165, 1.54) is 13.0 Å². The molecule has 2 rings (SSSR count). The number of hydrogen-bond acceptors (Lipinski definition) is 5. The Kier molecular flexibility index (Phi) is 8.04. The molecule has 24 heavy (non-hydrogen) atoms. The maximum absolute atomic E-state index is 12.8. The SMILES string of the molecule is Cc1c(C[B-](F)(F)F)cc(OS(=O)(=O)F)cc1N1CCNCC1.[K+]. The average Bonchev–Trinajstić information content (AvgIpc) is 2.40. The second-order valence-corrected chi connectivity index (χ2v) is 6.31. The summed E-state index contributed by atoms with van der Waals surface area (Å²) < 4.78 is 76.5. The van der Waals surface area contributed by atoms with E-state index < -0.39 is 29.6 Å². The maximum Gasteiger partial charge on any atom is 1.00 e. The normalized spacial score (nSPS) is 15.8. The summed E-state index contributed by atoms with van der Waals surface area (Å²) >= 11 is 0. The first kappa shape index (κ1) is 22.2. The van der Waals surface area contributed by atoms with Gasteiger partial charge in [0.1, 0.15) is 5.75 Å². The first-order chi connectivity index (χ1) is 10.6. The second kappa shape index (κ2) is 8.69. The van der Waals surface area contributed by atoms with Gasteiger partial charge in [0, 0.05) is 37.9 Å². The Morgan fingerprint density at radius 3 is 2.33 bits per heavy atom. The summed E-state index contributed by atoms with van der Waals surface area (Å²) in [5.41, 5.74) is 0.685. The standard InChI is InChI=1S/C12H16BF4N2O3S.K/c1-9-10(8-13(14,15)16)6-11(22-23(17,20)21)7-12(9)19-4-2-18-3-5-19;/h6-7,18H,2-5,8H2,1H3;/q-1;+1. The van der Waals surface area contributed by atoms with Crippen LogP contribution in [0.3, 0.4) is 0 Å². The zero-order chi connectivity index (χ0) is 17.3. The van der Waals surface area contributed by atoms with E-state index in [9.17, 15) is 25.3 Å². The molecule has 12 heteroatoms. The van der Waals surface area contributed by atoms with Crippen molar-refractivity contribution in [2.24, 2.45) is 0 Å². The van der Waals surface area contributed by atoms with Crippen LogP contribution in [0.1, 0.15) is 11.1 Å². The fourth-order valence-corrected chi connectivity index (χ4v) is 2.91. The Bertz CT molecular complexity index is 682.